The third kappa shape index (κ3) is 2.11. The van der Waals surface area contributed by atoms with Crippen LogP contribution in [0.25, 0.3) is 16.9 Å². The fourth-order valence-electron chi connectivity index (χ4n) is 1.96. The zero-order valence-corrected chi connectivity index (χ0v) is 11.2. The van der Waals surface area contributed by atoms with E-state index in [1.165, 1.54) is 0 Å². The zero-order valence-electron chi connectivity index (χ0n) is 9.68. The average Bonchev–Trinajstić information content (AvgIpc) is 2.84. The molecule has 0 saturated heterocycles. The minimum Gasteiger partial charge on any atom is -0.305 e. The first-order valence-corrected chi connectivity index (χ1v) is 6.33. The Hall–Kier alpha value is -1.84. The maximum Gasteiger partial charge on any atom is 0.156 e. The Morgan fingerprint density at radius 1 is 1.21 bits per heavy atom. The van der Waals surface area contributed by atoms with E-state index in [0.29, 0.717) is 32.5 Å². The van der Waals surface area contributed by atoms with E-state index >= 15 is 0 Å². The molecular formula is C14H8Cl2N2O. The van der Waals surface area contributed by atoms with Gasteiger partial charge in [0.15, 0.2) is 11.9 Å². The van der Waals surface area contributed by atoms with Crippen LogP contribution in [0.3, 0.4) is 0 Å². The monoisotopic (exact) mass is 290 g/mol. The van der Waals surface area contributed by atoms with E-state index in [-0.39, 0.29) is 0 Å². The maximum absolute atomic E-state index is 11.1. The highest BCUT2D eigenvalue weighted by Gasteiger charge is 2.11. The molecule has 3 nitrogen and oxygen atoms in total. The zero-order chi connectivity index (χ0) is 13.4. The van der Waals surface area contributed by atoms with Crippen LogP contribution in [0.4, 0.5) is 0 Å². The maximum atomic E-state index is 11.1. The van der Waals surface area contributed by atoms with Gasteiger partial charge in [0.2, 0.25) is 0 Å². The lowest BCUT2D eigenvalue weighted by Crippen LogP contribution is -1.87. The predicted octanol–water partition coefficient (Wildman–Crippen LogP) is 4.12. The highest BCUT2D eigenvalue weighted by Crippen LogP contribution is 2.27. The van der Waals surface area contributed by atoms with Crippen LogP contribution < -0.4 is 0 Å². The molecule has 0 bridgehead atoms. The fraction of sp³-hybridized carbons (Fsp3) is 0. The topological polar surface area (TPSA) is 34.4 Å². The number of nitrogens with zero attached hydrogens (tertiary/aromatic N) is 2. The lowest BCUT2D eigenvalue weighted by molar-refractivity contribution is 0.112. The molecule has 94 valence electrons. The predicted molar refractivity (Wildman–Crippen MR) is 76.0 cm³/mol. The lowest BCUT2D eigenvalue weighted by Gasteiger charge is -2.01. The smallest absolute Gasteiger partial charge is 0.156 e. The number of imidazole rings is 1. The van der Waals surface area contributed by atoms with Crippen LogP contribution in [0.5, 0.6) is 0 Å². The molecule has 0 saturated carbocycles. The quantitative estimate of drug-likeness (QED) is 0.665. The molecule has 2 aromatic heterocycles. The van der Waals surface area contributed by atoms with Crippen LogP contribution in [0.15, 0.2) is 42.7 Å². The summed E-state index contributed by atoms with van der Waals surface area (Å²) in [5, 5.41) is 1.12. The van der Waals surface area contributed by atoms with Gasteiger partial charge in [0.1, 0.15) is 0 Å². The Morgan fingerprint density at radius 2 is 2.05 bits per heavy atom. The van der Waals surface area contributed by atoms with Crippen molar-refractivity contribution in [1.29, 1.82) is 0 Å². The highest BCUT2D eigenvalue weighted by atomic mass is 35.5. The van der Waals surface area contributed by atoms with Gasteiger partial charge in [0.25, 0.3) is 0 Å². The van der Waals surface area contributed by atoms with E-state index in [0.717, 1.165) is 6.29 Å². The van der Waals surface area contributed by atoms with Crippen molar-refractivity contribution in [2.45, 2.75) is 0 Å². The standard InChI is InChI=1S/C14H8Cl2N2O/c15-10-4-3-9(8-19)11(6-10)13-7-18-5-1-2-12(16)14(18)17-13/h1-8H. The van der Waals surface area contributed by atoms with Crippen molar-refractivity contribution in [1.82, 2.24) is 9.38 Å². The number of benzene rings is 1. The summed E-state index contributed by atoms with van der Waals surface area (Å²) in [7, 11) is 0. The summed E-state index contributed by atoms with van der Waals surface area (Å²) < 4.78 is 1.81. The number of aromatic nitrogens is 2. The van der Waals surface area contributed by atoms with Gasteiger partial charge in [0, 0.05) is 28.5 Å². The number of halogens is 2. The molecule has 3 aromatic rings. The third-order valence-corrected chi connectivity index (χ3v) is 3.38. The van der Waals surface area contributed by atoms with Crippen molar-refractivity contribution >= 4 is 35.1 Å². The first-order valence-electron chi connectivity index (χ1n) is 5.57. The molecule has 3 rings (SSSR count). The summed E-state index contributed by atoms with van der Waals surface area (Å²) in [5.74, 6) is 0. The second-order valence-electron chi connectivity index (χ2n) is 4.06. The molecule has 0 aliphatic rings. The van der Waals surface area contributed by atoms with Crippen LogP contribution in [-0.4, -0.2) is 15.7 Å². The van der Waals surface area contributed by atoms with Gasteiger partial charge < -0.3 is 4.40 Å². The van der Waals surface area contributed by atoms with Gasteiger partial charge in [0.05, 0.1) is 10.7 Å². The van der Waals surface area contributed by atoms with E-state index in [4.69, 9.17) is 23.2 Å². The van der Waals surface area contributed by atoms with E-state index in [1.54, 1.807) is 24.3 Å². The van der Waals surface area contributed by atoms with Crippen LogP contribution in [0, 0.1) is 0 Å². The lowest BCUT2D eigenvalue weighted by atomic mass is 10.1. The summed E-state index contributed by atoms with van der Waals surface area (Å²) in [4.78, 5) is 15.5. The summed E-state index contributed by atoms with van der Waals surface area (Å²) in [6, 6.07) is 8.68. The number of hydrogen-bond acceptors (Lipinski definition) is 2. The SMILES string of the molecule is O=Cc1ccc(Cl)cc1-c1cn2cccc(Cl)c2n1. The number of carbonyl (C=O) groups excluding carboxylic acids is 1. The number of pyridine rings is 1. The molecule has 0 aliphatic carbocycles. The van der Waals surface area contributed by atoms with E-state index in [9.17, 15) is 4.79 Å². The molecule has 0 radical (unpaired) electrons. The minimum absolute atomic E-state index is 0.545. The molecule has 5 heteroatoms. The highest BCUT2D eigenvalue weighted by molar-refractivity contribution is 6.33. The first-order chi connectivity index (χ1) is 9.19. The van der Waals surface area contributed by atoms with E-state index < -0.39 is 0 Å². The number of hydrogen-bond donors (Lipinski definition) is 0. The van der Waals surface area contributed by atoms with Crippen molar-refractivity contribution < 1.29 is 4.79 Å². The van der Waals surface area contributed by atoms with E-state index in [2.05, 4.69) is 4.98 Å². The second kappa shape index (κ2) is 4.68. The first kappa shape index (κ1) is 12.2. The van der Waals surface area contributed by atoms with Crippen molar-refractivity contribution in [3.8, 4) is 11.3 Å². The Bertz CT molecular complexity index is 780. The van der Waals surface area contributed by atoms with Crippen LogP contribution >= 0.6 is 23.2 Å². The molecule has 0 N–H and O–H groups in total. The van der Waals surface area contributed by atoms with Crippen molar-refractivity contribution in [3.05, 3.63) is 58.3 Å². The molecule has 1 aromatic carbocycles. The normalized spacial score (nSPS) is 10.8. The number of rotatable bonds is 2. The van der Waals surface area contributed by atoms with Gasteiger partial charge >= 0.3 is 0 Å². The number of aldehydes is 1. The summed E-state index contributed by atoms with van der Waals surface area (Å²) in [6.07, 6.45) is 4.46. The van der Waals surface area contributed by atoms with Crippen LogP contribution in [0.2, 0.25) is 10.0 Å². The summed E-state index contributed by atoms with van der Waals surface area (Å²) in [5.41, 5.74) is 2.56. The second-order valence-corrected chi connectivity index (χ2v) is 4.91. The molecule has 0 aliphatic heterocycles. The summed E-state index contributed by atoms with van der Waals surface area (Å²) in [6.45, 7) is 0. The number of fused-ring (bicyclic) bond motifs is 1. The van der Waals surface area contributed by atoms with Crippen LogP contribution in [-0.2, 0) is 0 Å². The molecule has 0 unspecified atom stereocenters. The van der Waals surface area contributed by atoms with Gasteiger partial charge in [-0.25, -0.2) is 4.98 Å². The Balaban J connectivity index is 2.27. The molecule has 0 amide bonds. The average molecular weight is 291 g/mol. The minimum atomic E-state index is 0.545. The van der Waals surface area contributed by atoms with Crippen LogP contribution in [0.1, 0.15) is 10.4 Å². The molecule has 19 heavy (non-hydrogen) atoms. The Kier molecular flexibility index (Phi) is 3.01. The summed E-state index contributed by atoms with van der Waals surface area (Å²) >= 11 is 12.1. The fourth-order valence-corrected chi connectivity index (χ4v) is 2.35. The van der Waals surface area contributed by atoms with Gasteiger partial charge in [-0.15, -0.1) is 0 Å². The van der Waals surface area contributed by atoms with Gasteiger partial charge in [-0.2, -0.15) is 0 Å². The number of carbonyl (C=O) groups is 1. The molecule has 2 heterocycles. The Labute approximate surface area is 119 Å². The molecule has 0 fully saturated rings. The molecular weight excluding hydrogens is 283 g/mol. The van der Waals surface area contributed by atoms with Crippen molar-refractivity contribution in [2.75, 3.05) is 0 Å². The van der Waals surface area contributed by atoms with E-state index in [1.807, 2.05) is 22.9 Å². The van der Waals surface area contributed by atoms with Crippen molar-refractivity contribution in [2.24, 2.45) is 0 Å². The van der Waals surface area contributed by atoms with Gasteiger partial charge in [-0.1, -0.05) is 23.2 Å². The van der Waals surface area contributed by atoms with Gasteiger partial charge in [-0.3, -0.25) is 4.79 Å². The van der Waals surface area contributed by atoms with Gasteiger partial charge in [-0.05, 0) is 30.3 Å². The molecule has 0 spiro atoms. The Morgan fingerprint density at radius 3 is 2.79 bits per heavy atom. The van der Waals surface area contributed by atoms with Crippen molar-refractivity contribution in [3.63, 3.8) is 0 Å². The third-order valence-electron chi connectivity index (χ3n) is 2.85. The largest absolute Gasteiger partial charge is 0.305 e. The molecule has 0 atom stereocenters.